The Balaban J connectivity index is 1.56. The van der Waals surface area contributed by atoms with Gasteiger partial charge in [-0.05, 0) is 59.8 Å². The first-order valence-corrected chi connectivity index (χ1v) is 11.3. The van der Waals surface area contributed by atoms with E-state index in [1.165, 1.54) is 19.3 Å². The number of hydrogen-bond acceptors (Lipinski definition) is 7. The van der Waals surface area contributed by atoms with Crippen molar-refractivity contribution in [2.24, 2.45) is 0 Å². The molecule has 8 nitrogen and oxygen atoms in total. The molecule has 4 rings (SSSR count). The van der Waals surface area contributed by atoms with Crippen LogP contribution in [0.1, 0.15) is 70.2 Å². The SMILES string of the molecule is Cc1cc(-c2cnc(N3CCCCC3)nc2C2CCN(C(=O)OC(C)(C)C)CC2)on1. The van der Waals surface area contributed by atoms with Crippen LogP contribution in [0.15, 0.2) is 16.8 Å². The van der Waals surface area contributed by atoms with Crippen molar-refractivity contribution in [1.82, 2.24) is 20.0 Å². The maximum atomic E-state index is 12.5. The molecule has 0 aliphatic carbocycles. The average molecular weight is 428 g/mol. The molecule has 4 heterocycles. The molecule has 0 atom stereocenters. The number of carbonyl (C=O) groups excluding carboxylic acids is 1. The van der Waals surface area contributed by atoms with Crippen LogP contribution in [-0.2, 0) is 4.74 Å². The van der Waals surface area contributed by atoms with Gasteiger partial charge < -0.3 is 19.1 Å². The lowest BCUT2D eigenvalue weighted by atomic mass is 9.90. The van der Waals surface area contributed by atoms with E-state index in [2.05, 4.69) is 15.0 Å². The highest BCUT2D eigenvalue weighted by Crippen LogP contribution is 2.35. The first kappa shape index (κ1) is 21.6. The fourth-order valence-electron chi connectivity index (χ4n) is 4.29. The summed E-state index contributed by atoms with van der Waals surface area (Å²) in [5, 5.41) is 4.05. The van der Waals surface area contributed by atoms with E-state index < -0.39 is 5.60 Å². The maximum absolute atomic E-state index is 12.5. The standard InChI is InChI=1S/C23H33N5O3/c1-16-14-19(31-26-16)18-15-24-21(27-10-6-5-7-11-27)25-20(18)17-8-12-28(13-9-17)22(29)30-23(2,3)4/h14-15,17H,5-13H2,1-4H3. The summed E-state index contributed by atoms with van der Waals surface area (Å²) in [6.07, 6.45) is 6.92. The molecular weight excluding hydrogens is 394 g/mol. The second-order valence-corrected chi connectivity index (χ2v) is 9.59. The molecule has 2 aliphatic rings. The Hall–Kier alpha value is -2.64. The number of nitrogens with zero attached hydrogens (tertiary/aromatic N) is 5. The van der Waals surface area contributed by atoms with Crippen molar-refractivity contribution in [1.29, 1.82) is 0 Å². The highest BCUT2D eigenvalue weighted by molar-refractivity contribution is 5.68. The number of ether oxygens (including phenoxy) is 1. The van der Waals surface area contributed by atoms with Gasteiger partial charge in [0.2, 0.25) is 5.95 Å². The molecule has 0 bridgehead atoms. The van der Waals surface area contributed by atoms with Crippen molar-refractivity contribution < 1.29 is 14.1 Å². The summed E-state index contributed by atoms with van der Waals surface area (Å²) < 4.78 is 11.1. The summed E-state index contributed by atoms with van der Waals surface area (Å²) in [7, 11) is 0. The normalized spacial score (nSPS) is 18.3. The van der Waals surface area contributed by atoms with Crippen LogP contribution in [0.4, 0.5) is 10.7 Å². The zero-order valence-electron chi connectivity index (χ0n) is 19.1. The van der Waals surface area contributed by atoms with Crippen LogP contribution >= 0.6 is 0 Å². The molecule has 0 N–H and O–H groups in total. The minimum atomic E-state index is -0.485. The van der Waals surface area contributed by atoms with Crippen molar-refractivity contribution in [2.75, 3.05) is 31.1 Å². The molecule has 0 spiro atoms. The molecule has 168 valence electrons. The van der Waals surface area contributed by atoms with Gasteiger partial charge in [-0.3, -0.25) is 0 Å². The quantitative estimate of drug-likeness (QED) is 0.711. The summed E-state index contributed by atoms with van der Waals surface area (Å²) in [6.45, 7) is 10.9. The predicted octanol–water partition coefficient (Wildman–Crippen LogP) is 4.54. The fraction of sp³-hybridized carbons (Fsp3) is 0.652. The smallest absolute Gasteiger partial charge is 0.410 e. The molecule has 2 aromatic rings. The minimum absolute atomic E-state index is 0.227. The van der Waals surface area contributed by atoms with Crippen molar-refractivity contribution in [3.63, 3.8) is 0 Å². The zero-order valence-corrected chi connectivity index (χ0v) is 19.1. The molecule has 0 saturated carbocycles. The number of aryl methyl sites for hydroxylation is 1. The Bertz CT molecular complexity index is 906. The summed E-state index contributed by atoms with van der Waals surface area (Å²) in [4.78, 5) is 26.2. The van der Waals surface area contributed by atoms with E-state index in [4.69, 9.17) is 14.2 Å². The molecule has 0 aromatic carbocycles. The Morgan fingerprint density at radius 1 is 1.13 bits per heavy atom. The first-order chi connectivity index (χ1) is 14.8. The highest BCUT2D eigenvalue weighted by atomic mass is 16.6. The number of likely N-dealkylation sites (tertiary alicyclic amines) is 1. The Labute approximate surface area is 184 Å². The Morgan fingerprint density at radius 3 is 2.45 bits per heavy atom. The molecule has 0 radical (unpaired) electrons. The second kappa shape index (κ2) is 8.85. The van der Waals surface area contributed by atoms with Crippen LogP contribution in [0.2, 0.25) is 0 Å². The fourth-order valence-corrected chi connectivity index (χ4v) is 4.29. The predicted molar refractivity (Wildman–Crippen MR) is 118 cm³/mol. The lowest BCUT2D eigenvalue weighted by Gasteiger charge is -2.34. The van der Waals surface area contributed by atoms with E-state index in [0.29, 0.717) is 18.8 Å². The Kier molecular flexibility index (Phi) is 6.16. The van der Waals surface area contributed by atoms with Gasteiger partial charge >= 0.3 is 6.09 Å². The molecular formula is C23H33N5O3. The van der Waals surface area contributed by atoms with E-state index in [1.807, 2.05) is 40.0 Å². The average Bonchev–Trinajstić information content (AvgIpc) is 3.19. The molecule has 0 unspecified atom stereocenters. The molecule has 2 aliphatic heterocycles. The van der Waals surface area contributed by atoms with Crippen molar-refractivity contribution in [3.8, 4) is 11.3 Å². The monoisotopic (exact) mass is 427 g/mol. The van der Waals surface area contributed by atoms with E-state index in [0.717, 1.165) is 48.8 Å². The lowest BCUT2D eigenvalue weighted by molar-refractivity contribution is 0.0204. The van der Waals surface area contributed by atoms with Gasteiger partial charge in [0.25, 0.3) is 0 Å². The molecule has 1 amide bonds. The topological polar surface area (TPSA) is 84.6 Å². The third-order valence-corrected chi connectivity index (χ3v) is 5.87. The largest absolute Gasteiger partial charge is 0.444 e. The van der Waals surface area contributed by atoms with Crippen LogP contribution in [0.25, 0.3) is 11.3 Å². The molecule has 2 aromatic heterocycles. The summed E-state index contributed by atoms with van der Waals surface area (Å²) >= 11 is 0. The van der Waals surface area contributed by atoms with Gasteiger partial charge in [-0.15, -0.1) is 0 Å². The minimum Gasteiger partial charge on any atom is -0.444 e. The first-order valence-electron chi connectivity index (χ1n) is 11.3. The van der Waals surface area contributed by atoms with Gasteiger partial charge in [-0.1, -0.05) is 5.16 Å². The number of anilines is 1. The van der Waals surface area contributed by atoms with Gasteiger partial charge in [0.1, 0.15) is 5.60 Å². The van der Waals surface area contributed by atoms with Crippen LogP contribution in [-0.4, -0.2) is 57.9 Å². The highest BCUT2D eigenvalue weighted by Gasteiger charge is 2.30. The molecule has 2 fully saturated rings. The molecule has 2 saturated heterocycles. The lowest BCUT2D eigenvalue weighted by Crippen LogP contribution is -2.41. The van der Waals surface area contributed by atoms with Gasteiger partial charge in [-0.2, -0.15) is 0 Å². The summed E-state index contributed by atoms with van der Waals surface area (Å²) in [5.41, 5.74) is 2.25. The number of amides is 1. The van der Waals surface area contributed by atoms with Gasteiger partial charge in [-0.25, -0.2) is 14.8 Å². The van der Waals surface area contributed by atoms with Crippen molar-refractivity contribution >= 4 is 12.0 Å². The van der Waals surface area contributed by atoms with E-state index in [1.54, 1.807) is 4.90 Å². The van der Waals surface area contributed by atoms with Crippen LogP contribution < -0.4 is 4.90 Å². The molecule has 8 heteroatoms. The van der Waals surface area contributed by atoms with E-state index >= 15 is 0 Å². The number of piperidine rings is 2. The van der Waals surface area contributed by atoms with Crippen molar-refractivity contribution in [2.45, 2.75) is 71.3 Å². The van der Waals surface area contributed by atoms with Crippen LogP contribution in [0.5, 0.6) is 0 Å². The second-order valence-electron chi connectivity index (χ2n) is 9.59. The number of rotatable bonds is 3. The van der Waals surface area contributed by atoms with Crippen LogP contribution in [0.3, 0.4) is 0 Å². The maximum Gasteiger partial charge on any atom is 0.410 e. The van der Waals surface area contributed by atoms with E-state index in [-0.39, 0.29) is 12.0 Å². The molecule has 31 heavy (non-hydrogen) atoms. The van der Waals surface area contributed by atoms with Gasteiger partial charge in [0.15, 0.2) is 5.76 Å². The zero-order chi connectivity index (χ0) is 22.0. The number of aromatic nitrogens is 3. The van der Waals surface area contributed by atoms with Gasteiger partial charge in [0, 0.05) is 44.4 Å². The van der Waals surface area contributed by atoms with Gasteiger partial charge in [0.05, 0.1) is 17.0 Å². The summed E-state index contributed by atoms with van der Waals surface area (Å²) in [5.74, 6) is 1.72. The third-order valence-electron chi connectivity index (χ3n) is 5.87. The van der Waals surface area contributed by atoms with Crippen molar-refractivity contribution in [3.05, 3.63) is 23.7 Å². The summed E-state index contributed by atoms with van der Waals surface area (Å²) in [6, 6.07) is 1.93. The van der Waals surface area contributed by atoms with Crippen LogP contribution in [0, 0.1) is 6.92 Å². The third kappa shape index (κ3) is 5.17. The van der Waals surface area contributed by atoms with E-state index in [9.17, 15) is 4.79 Å². The number of carbonyl (C=O) groups is 1. The Morgan fingerprint density at radius 2 is 1.84 bits per heavy atom. The number of hydrogen-bond donors (Lipinski definition) is 0.